The Bertz CT molecular complexity index is 155. The Morgan fingerprint density at radius 2 is 1.85 bits per heavy atom. The first-order valence-corrected chi connectivity index (χ1v) is 4.06. The van der Waals surface area contributed by atoms with Crippen LogP contribution in [-0.4, -0.2) is 51.8 Å². The van der Waals surface area contributed by atoms with Gasteiger partial charge in [-0.15, -0.1) is 12.6 Å². The summed E-state index contributed by atoms with van der Waals surface area (Å²) < 4.78 is 4.82. The van der Waals surface area contributed by atoms with Gasteiger partial charge in [0.05, 0.1) is 18.1 Å². The summed E-state index contributed by atoms with van der Waals surface area (Å²) in [6, 6.07) is 0. The topological polar surface area (TPSA) is 93.0 Å². The summed E-state index contributed by atoms with van der Waals surface area (Å²) in [6.45, 7) is -0.442. The van der Waals surface area contributed by atoms with Crippen molar-refractivity contribution in [1.82, 2.24) is 0 Å². The van der Waals surface area contributed by atoms with Crippen molar-refractivity contribution < 1.29 is 54.7 Å². The van der Waals surface area contributed by atoms with Crippen molar-refractivity contribution in [3.05, 3.63) is 0 Å². The minimum atomic E-state index is -1.48. The maximum Gasteiger partial charge on any atom is 1.00 e. The van der Waals surface area contributed by atoms with Crippen molar-refractivity contribution in [2.45, 2.75) is 29.9 Å². The van der Waals surface area contributed by atoms with Crippen LogP contribution in [0.4, 0.5) is 0 Å². The largest absolute Gasteiger partial charge is 1.00 e. The van der Waals surface area contributed by atoms with Gasteiger partial charge in [0, 0.05) is 0 Å². The fourth-order valence-corrected chi connectivity index (χ4v) is 1.40. The van der Waals surface area contributed by atoms with Crippen LogP contribution in [0.1, 0.15) is 0 Å². The van der Waals surface area contributed by atoms with Gasteiger partial charge in [-0.25, -0.2) is 0 Å². The van der Waals surface area contributed by atoms with Crippen molar-refractivity contribution in [2.24, 2.45) is 0 Å². The minimum Gasteiger partial charge on any atom is -0.848 e. The average molecular weight is 218 g/mol. The van der Waals surface area contributed by atoms with Crippen LogP contribution in [0, 0.1) is 0 Å². The van der Waals surface area contributed by atoms with Gasteiger partial charge in [0.1, 0.15) is 12.2 Å². The number of thiol groups is 1. The second-order valence-electron chi connectivity index (χ2n) is 2.69. The fraction of sp³-hybridized carbons (Fsp3) is 1.00. The molecule has 5 atom stereocenters. The molecule has 1 rings (SSSR count). The van der Waals surface area contributed by atoms with Crippen LogP contribution in [0.15, 0.2) is 0 Å². The Balaban J connectivity index is 0.00000144. The van der Waals surface area contributed by atoms with Crippen LogP contribution >= 0.6 is 12.6 Å². The summed E-state index contributed by atoms with van der Waals surface area (Å²) in [5.41, 5.74) is -0.986. The molecule has 7 heteroatoms. The fourth-order valence-electron chi connectivity index (χ4n) is 1.07. The zero-order valence-corrected chi connectivity index (χ0v) is 10.1. The molecule has 0 aromatic heterocycles. The van der Waals surface area contributed by atoms with Crippen molar-refractivity contribution in [2.75, 3.05) is 6.61 Å². The third-order valence-electron chi connectivity index (χ3n) is 1.84. The molecule has 1 aliphatic rings. The molecule has 0 radical (unpaired) electrons. The predicted octanol–water partition coefficient (Wildman–Crippen LogP) is -5.91. The van der Waals surface area contributed by atoms with Gasteiger partial charge in [-0.3, -0.25) is 0 Å². The average Bonchev–Trinajstić information content (AvgIpc) is 2.08. The summed E-state index contributed by atoms with van der Waals surface area (Å²) in [4.78, 5) is 0. The molecule has 3 N–H and O–H groups in total. The summed E-state index contributed by atoms with van der Waals surface area (Å²) >= 11 is 3.75. The van der Waals surface area contributed by atoms with E-state index in [4.69, 9.17) is 20.1 Å². The molecule has 13 heavy (non-hydrogen) atoms. The maximum atomic E-state index is 11.0. The third kappa shape index (κ3) is 3.05. The molecular formula is C6H11NaO5S. The zero-order chi connectivity index (χ0) is 9.30. The van der Waals surface area contributed by atoms with Gasteiger partial charge in [-0.1, -0.05) is 6.10 Å². The second kappa shape index (κ2) is 5.89. The van der Waals surface area contributed by atoms with Gasteiger partial charge < -0.3 is 25.2 Å². The molecule has 0 aromatic carbocycles. The Kier molecular flexibility index (Phi) is 6.41. The molecule has 72 valence electrons. The molecule has 5 nitrogen and oxygen atoms in total. The van der Waals surface area contributed by atoms with E-state index in [9.17, 15) is 5.11 Å². The first-order chi connectivity index (χ1) is 5.57. The summed E-state index contributed by atoms with van der Waals surface area (Å²) in [5, 5.41) is 37.9. The quantitative estimate of drug-likeness (QED) is 0.260. The number of hydrogen-bond acceptors (Lipinski definition) is 6. The van der Waals surface area contributed by atoms with E-state index < -0.39 is 36.5 Å². The van der Waals surface area contributed by atoms with E-state index in [1.807, 2.05) is 0 Å². The Morgan fingerprint density at radius 1 is 1.31 bits per heavy atom. The first-order valence-electron chi connectivity index (χ1n) is 3.54. The number of hydrogen-bond donors (Lipinski definition) is 4. The smallest absolute Gasteiger partial charge is 0.848 e. The van der Waals surface area contributed by atoms with Gasteiger partial charge in [-0.05, 0) is 0 Å². The zero-order valence-electron chi connectivity index (χ0n) is 7.20. The number of rotatable bonds is 1. The van der Waals surface area contributed by atoms with Gasteiger partial charge >= 0.3 is 29.6 Å². The van der Waals surface area contributed by atoms with Crippen molar-refractivity contribution >= 4 is 12.6 Å². The van der Waals surface area contributed by atoms with Crippen molar-refractivity contribution in [3.8, 4) is 0 Å². The third-order valence-corrected chi connectivity index (χ3v) is 2.26. The Hall–Kier alpha value is 1.15. The Labute approximate surface area is 103 Å². The van der Waals surface area contributed by atoms with E-state index >= 15 is 0 Å². The van der Waals surface area contributed by atoms with E-state index in [2.05, 4.69) is 12.6 Å². The molecule has 0 aromatic rings. The molecule has 1 fully saturated rings. The van der Waals surface area contributed by atoms with Crippen LogP contribution in [0.5, 0.6) is 0 Å². The Morgan fingerprint density at radius 3 is 2.31 bits per heavy atom. The van der Waals surface area contributed by atoms with Gasteiger partial charge in [0.2, 0.25) is 0 Å². The van der Waals surface area contributed by atoms with E-state index in [0.717, 1.165) is 0 Å². The first kappa shape index (κ1) is 14.2. The normalized spacial score (nSPS) is 45.5. The van der Waals surface area contributed by atoms with E-state index in [-0.39, 0.29) is 29.6 Å². The predicted molar refractivity (Wildman–Crippen MR) is 40.5 cm³/mol. The monoisotopic (exact) mass is 218 g/mol. The van der Waals surface area contributed by atoms with E-state index in [0.29, 0.717) is 0 Å². The van der Waals surface area contributed by atoms with Crippen LogP contribution in [0.25, 0.3) is 0 Å². The molecule has 1 heterocycles. The van der Waals surface area contributed by atoms with Crippen LogP contribution in [0.2, 0.25) is 0 Å². The molecular weight excluding hydrogens is 207 g/mol. The molecule has 1 aliphatic heterocycles. The maximum absolute atomic E-state index is 11.0. The summed E-state index contributed by atoms with van der Waals surface area (Å²) in [7, 11) is 0. The van der Waals surface area contributed by atoms with E-state index in [1.54, 1.807) is 0 Å². The number of aliphatic hydroxyl groups is 3. The second-order valence-corrected chi connectivity index (χ2v) is 3.20. The minimum absolute atomic E-state index is 0. The molecule has 0 amide bonds. The van der Waals surface area contributed by atoms with Gasteiger partial charge in [0.15, 0.2) is 0 Å². The molecule has 0 saturated carbocycles. The van der Waals surface area contributed by atoms with E-state index in [1.165, 1.54) is 0 Å². The van der Waals surface area contributed by atoms with Crippen molar-refractivity contribution in [1.29, 1.82) is 0 Å². The summed E-state index contributed by atoms with van der Waals surface area (Å²) in [5.74, 6) is 0. The standard InChI is InChI=1S/C6H11O5S.Na/c7-1-2-3(8)4(9)5(10)6(12)11-2;/h2-9,12H,1H2;/q-1;+1/t2-,3+,4+,5-,6+;/m1./s1. The van der Waals surface area contributed by atoms with Crippen LogP contribution < -0.4 is 34.7 Å². The van der Waals surface area contributed by atoms with Crippen LogP contribution in [-0.2, 0) is 4.74 Å². The summed E-state index contributed by atoms with van der Waals surface area (Å²) in [6.07, 6.45) is -5.17. The molecule has 0 unspecified atom stereocenters. The van der Waals surface area contributed by atoms with Crippen molar-refractivity contribution in [3.63, 3.8) is 0 Å². The number of aliphatic hydroxyl groups excluding tert-OH is 3. The molecule has 0 bridgehead atoms. The van der Waals surface area contributed by atoms with Gasteiger partial charge in [-0.2, -0.15) is 0 Å². The number of ether oxygens (including phenoxy) is 1. The molecule has 0 spiro atoms. The molecule has 0 aliphatic carbocycles. The van der Waals surface area contributed by atoms with Gasteiger partial charge in [0.25, 0.3) is 0 Å². The van der Waals surface area contributed by atoms with Crippen LogP contribution in [0.3, 0.4) is 0 Å². The SMILES string of the molecule is [Na+].[O-][C@@H]1[C@@H](O)[C@@H](O)[C@@H](CO)O[C@H]1S. The molecule has 1 saturated heterocycles.